The summed E-state index contributed by atoms with van der Waals surface area (Å²) in [5, 5.41) is 0. The molecule has 0 bridgehead atoms. The second-order valence-electron chi connectivity index (χ2n) is 7.15. The highest BCUT2D eigenvalue weighted by Crippen LogP contribution is 2.33. The average molecular weight is 349 g/mol. The van der Waals surface area contributed by atoms with Gasteiger partial charge in [-0.25, -0.2) is 0 Å². The Balaban J connectivity index is 1.37. The van der Waals surface area contributed by atoms with Gasteiger partial charge >= 0.3 is 0 Å². The van der Waals surface area contributed by atoms with Gasteiger partial charge in [0.05, 0.1) is 23.3 Å². The largest absolute Gasteiger partial charge is 0.371 e. The molecule has 4 nitrogen and oxygen atoms in total. The predicted octanol–water partition coefficient (Wildman–Crippen LogP) is 4.37. The normalized spacial score (nSPS) is 23.8. The van der Waals surface area contributed by atoms with Crippen LogP contribution in [0, 0.1) is 0 Å². The van der Waals surface area contributed by atoms with Crippen LogP contribution in [0.25, 0.3) is 0 Å². The van der Waals surface area contributed by atoms with E-state index in [1.54, 1.807) is 12.1 Å². The molecule has 1 atom stereocenters. The summed E-state index contributed by atoms with van der Waals surface area (Å²) in [6.45, 7) is 2.07. The van der Waals surface area contributed by atoms with Gasteiger partial charge < -0.3 is 4.74 Å². The van der Waals surface area contributed by atoms with Crippen molar-refractivity contribution in [2.75, 3.05) is 0 Å². The van der Waals surface area contributed by atoms with Crippen LogP contribution in [0.2, 0.25) is 0 Å². The zero-order valence-electron chi connectivity index (χ0n) is 14.9. The van der Waals surface area contributed by atoms with E-state index in [1.165, 1.54) is 10.5 Å². The minimum Gasteiger partial charge on any atom is -0.371 e. The van der Waals surface area contributed by atoms with Crippen LogP contribution in [-0.4, -0.2) is 28.9 Å². The van der Waals surface area contributed by atoms with Crippen LogP contribution in [0.15, 0.2) is 54.6 Å². The van der Waals surface area contributed by atoms with Gasteiger partial charge in [0.2, 0.25) is 0 Å². The Hall–Kier alpha value is -2.46. The van der Waals surface area contributed by atoms with Crippen molar-refractivity contribution in [1.29, 1.82) is 0 Å². The summed E-state index contributed by atoms with van der Waals surface area (Å²) in [7, 11) is 0. The van der Waals surface area contributed by atoms with E-state index in [4.69, 9.17) is 4.74 Å². The number of imide groups is 1. The lowest BCUT2D eigenvalue weighted by Crippen LogP contribution is -2.43. The highest BCUT2D eigenvalue weighted by molar-refractivity contribution is 6.21. The molecule has 1 unspecified atom stereocenters. The van der Waals surface area contributed by atoms with Gasteiger partial charge in [-0.15, -0.1) is 0 Å². The van der Waals surface area contributed by atoms with Gasteiger partial charge in [-0.2, -0.15) is 0 Å². The Morgan fingerprint density at radius 3 is 1.96 bits per heavy atom. The van der Waals surface area contributed by atoms with Crippen LogP contribution in [-0.2, 0) is 4.74 Å². The first kappa shape index (κ1) is 17.0. The molecule has 0 saturated heterocycles. The third-order valence-electron chi connectivity index (χ3n) is 5.50. The molecule has 1 fully saturated rings. The number of amides is 2. The van der Waals surface area contributed by atoms with Crippen LogP contribution in [0.1, 0.15) is 65.0 Å². The smallest absolute Gasteiger partial charge is 0.261 e. The topological polar surface area (TPSA) is 46.6 Å². The summed E-state index contributed by atoms with van der Waals surface area (Å²) in [5.74, 6) is -0.291. The van der Waals surface area contributed by atoms with Crippen LogP contribution >= 0.6 is 0 Å². The SMILES string of the molecule is CC(OC1CCC(N2C(=O)c3ccccc3C2=O)CC1)c1ccccc1. The minimum absolute atomic E-state index is 0.0192. The van der Waals surface area contributed by atoms with Crippen LogP contribution in [0.4, 0.5) is 0 Å². The fourth-order valence-corrected chi connectivity index (χ4v) is 4.07. The van der Waals surface area contributed by atoms with Crippen molar-refractivity contribution in [1.82, 2.24) is 4.90 Å². The third-order valence-corrected chi connectivity index (χ3v) is 5.50. The minimum atomic E-state index is -0.146. The van der Waals surface area contributed by atoms with Gasteiger partial charge in [-0.1, -0.05) is 42.5 Å². The molecule has 0 N–H and O–H groups in total. The zero-order valence-corrected chi connectivity index (χ0v) is 14.9. The molecule has 4 rings (SSSR count). The number of hydrogen-bond acceptors (Lipinski definition) is 3. The predicted molar refractivity (Wildman–Crippen MR) is 98.9 cm³/mol. The average Bonchev–Trinajstić information content (AvgIpc) is 2.94. The second-order valence-corrected chi connectivity index (χ2v) is 7.15. The van der Waals surface area contributed by atoms with Gasteiger partial charge in [0.25, 0.3) is 11.8 Å². The van der Waals surface area contributed by atoms with E-state index in [0.717, 1.165) is 25.7 Å². The number of carbonyl (C=O) groups is 2. The lowest BCUT2D eigenvalue weighted by molar-refractivity contribution is -0.0320. The molecule has 0 aromatic heterocycles. The second kappa shape index (κ2) is 7.04. The van der Waals surface area contributed by atoms with Crippen molar-refractivity contribution in [2.24, 2.45) is 0 Å². The maximum atomic E-state index is 12.6. The molecule has 26 heavy (non-hydrogen) atoms. The van der Waals surface area contributed by atoms with Gasteiger partial charge in [0, 0.05) is 6.04 Å². The number of carbonyl (C=O) groups excluding carboxylic acids is 2. The Bertz CT molecular complexity index is 774. The first-order valence-corrected chi connectivity index (χ1v) is 9.32. The molecule has 0 spiro atoms. The lowest BCUT2D eigenvalue weighted by Gasteiger charge is -2.34. The Kier molecular flexibility index (Phi) is 4.60. The molecule has 2 aliphatic rings. The van der Waals surface area contributed by atoms with Gasteiger partial charge in [0.15, 0.2) is 0 Å². The van der Waals surface area contributed by atoms with Gasteiger partial charge in [-0.05, 0) is 50.3 Å². The van der Waals surface area contributed by atoms with Crippen molar-refractivity contribution in [3.63, 3.8) is 0 Å². The van der Waals surface area contributed by atoms with Crippen molar-refractivity contribution >= 4 is 11.8 Å². The molecule has 1 aliphatic carbocycles. The van der Waals surface area contributed by atoms with E-state index in [-0.39, 0.29) is 30.1 Å². The van der Waals surface area contributed by atoms with Crippen molar-refractivity contribution in [3.05, 3.63) is 71.3 Å². The summed E-state index contributed by atoms with van der Waals surface area (Å²) in [5.41, 5.74) is 2.25. The molecule has 0 radical (unpaired) electrons. The Morgan fingerprint density at radius 1 is 0.846 bits per heavy atom. The van der Waals surface area contributed by atoms with E-state index < -0.39 is 0 Å². The molecule has 4 heteroatoms. The maximum Gasteiger partial charge on any atom is 0.261 e. The molecular formula is C22H23NO3. The number of fused-ring (bicyclic) bond motifs is 1. The van der Waals surface area contributed by atoms with E-state index in [9.17, 15) is 9.59 Å². The first-order valence-electron chi connectivity index (χ1n) is 9.32. The van der Waals surface area contributed by atoms with Crippen molar-refractivity contribution in [2.45, 2.75) is 50.9 Å². The molecular weight excluding hydrogens is 326 g/mol. The van der Waals surface area contributed by atoms with E-state index in [2.05, 4.69) is 19.1 Å². The molecule has 1 saturated carbocycles. The highest BCUT2D eigenvalue weighted by Gasteiger charge is 2.41. The monoisotopic (exact) mass is 349 g/mol. The summed E-state index contributed by atoms with van der Waals surface area (Å²) in [6, 6.07) is 17.3. The molecule has 134 valence electrons. The molecule has 2 amide bonds. The zero-order chi connectivity index (χ0) is 18.1. The van der Waals surface area contributed by atoms with Crippen LogP contribution in [0.5, 0.6) is 0 Å². The summed E-state index contributed by atoms with van der Waals surface area (Å²) >= 11 is 0. The summed E-state index contributed by atoms with van der Waals surface area (Å²) < 4.78 is 6.22. The number of ether oxygens (including phenoxy) is 1. The van der Waals surface area contributed by atoms with Crippen molar-refractivity contribution in [3.8, 4) is 0 Å². The van der Waals surface area contributed by atoms with Crippen LogP contribution in [0.3, 0.4) is 0 Å². The number of benzene rings is 2. The maximum absolute atomic E-state index is 12.6. The molecule has 2 aromatic carbocycles. The standard InChI is InChI=1S/C22H23NO3/c1-15(16-7-3-2-4-8-16)26-18-13-11-17(12-14-18)23-21(24)19-9-5-6-10-20(19)22(23)25/h2-10,15,17-18H,11-14H2,1H3. The molecule has 1 aliphatic heterocycles. The van der Waals surface area contributed by atoms with Gasteiger partial charge in [-0.3, -0.25) is 14.5 Å². The van der Waals surface area contributed by atoms with Crippen molar-refractivity contribution < 1.29 is 14.3 Å². The number of hydrogen-bond donors (Lipinski definition) is 0. The number of nitrogens with zero attached hydrogens (tertiary/aromatic N) is 1. The van der Waals surface area contributed by atoms with E-state index in [0.29, 0.717) is 11.1 Å². The molecule has 1 heterocycles. The fraction of sp³-hybridized carbons (Fsp3) is 0.364. The Labute approximate surface area is 153 Å². The lowest BCUT2D eigenvalue weighted by atomic mass is 9.91. The van der Waals surface area contributed by atoms with E-state index in [1.807, 2.05) is 30.3 Å². The Morgan fingerprint density at radius 2 is 1.38 bits per heavy atom. The third kappa shape index (κ3) is 3.06. The quantitative estimate of drug-likeness (QED) is 0.770. The first-order chi connectivity index (χ1) is 12.6. The van der Waals surface area contributed by atoms with Gasteiger partial charge in [0.1, 0.15) is 0 Å². The fourth-order valence-electron chi connectivity index (χ4n) is 4.07. The van der Waals surface area contributed by atoms with E-state index >= 15 is 0 Å². The summed E-state index contributed by atoms with van der Waals surface area (Å²) in [6.07, 6.45) is 3.58. The highest BCUT2D eigenvalue weighted by atomic mass is 16.5. The molecule has 2 aromatic rings. The van der Waals surface area contributed by atoms with Crippen LogP contribution < -0.4 is 0 Å². The summed E-state index contributed by atoms with van der Waals surface area (Å²) in [4.78, 5) is 26.7. The number of rotatable bonds is 4.